The Labute approximate surface area is 193 Å². The molecule has 3 radical (unpaired) electrons. The molecule has 0 spiro atoms. The van der Waals surface area contributed by atoms with Gasteiger partial charge in [0.25, 0.3) is 0 Å². The summed E-state index contributed by atoms with van der Waals surface area (Å²) in [6.07, 6.45) is 10.0. The van der Waals surface area contributed by atoms with Crippen LogP contribution in [-0.4, -0.2) is 10.2 Å². The summed E-state index contributed by atoms with van der Waals surface area (Å²) in [5, 5.41) is 5.41. The molecule has 0 nitrogen and oxygen atoms in total. The second-order valence-corrected chi connectivity index (χ2v) is 4.83. The average Bonchev–Trinajstić information content (AvgIpc) is 3.30. The van der Waals surface area contributed by atoms with E-state index in [-0.39, 0.29) is 51.0 Å². The van der Waals surface area contributed by atoms with Crippen molar-refractivity contribution < 1.29 is 51.0 Å². The SMILES string of the molecule is CC.C[Si].Cc1cc2c(ccc3ccccc32)[cH-]1.[C-]1=CC=CC1.[Cl-].[Cl-].[Zr+4]. The zero-order valence-corrected chi connectivity index (χ0v) is 20.8. The van der Waals surface area contributed by atoms with Crippen molar-refractivity contribution in [3.05, 3.63) is 78.4 Å². The first-order valence-electron chi connectivity index (χ1n) is 8.11. The van der Waals surface area contributed by atoms with Gasteiger partial charge in [-0.3, -0.25) is 6.08 Å². The Bertz CT molecular complexity index is 766. The van der Waals surface area contributed by atoms with Gasteiger partial charge in [0, 0.05) is 10.2 Å². The molecule has 0 unspecified atom stereocenters. The van der Waals surface area contributed by atoms with Crippen molar-refractivity contribution in [1.82, 2.24) is 0 Å². The van der Waals surface area contributed by atoms with E-state index in [1.54, 1.807) is 6.55 Å². The Hall–Kier alpha value is -0.530. The molecule has 1 aliphatic carbocycles. The number of halogens is 2. The van der Waals surface area contributed by atoms with Crippen LogP contribution in [0.5, 0.6) is 0 Å². The summed E-state index contributed by atoms with van der Waals surface area (Å²) in [7, 11) is 2.97. The topological polar surface area (TPSA) is 0 Å². The number of rotatable bonds is 0. The van der Waals surface area contributed by atoms with Gasteiger partial charge in [-0.15, -0.1) is 34.9 Å². The maximum Gasteiger partial charge on any atom is 4.00 e. The average molecular weight is 480 g/mol. The van der Waals surface area contributed by atoms with E-state index in [9.17, 15) is 0 Å². The van der Waals surface area contributed by atoms with Crippen molar-refractivity contribution in [3.63, 3.8) is 0 Å². The van der Waals surface area contributed by atoms with Crippen molar-refractivity contribution in [2.75, 3.05) is 0 Å². The summed E-state index contributed by atoms with van der Waals surface area (Å²) in [6, 6.07) is 17.4. The molecule has 4 heteroatoms. The molecule has 135 valence electrons. The van der Waals surface area contributed by atoms with Crippen LogP contribution in [0.25, 0.3) is 21.5 Å². The van der Waals surface area contributed by atoms with Crippen molar-refractivity contribution in [2.45, 2.75) is 33.7 Å². The van der Waals surface area contributed by atoms with Crippen LogP contribution in [0.4, 0.5) is 0 Å². The largest absolute Gasteiger partial charge is 4.00 e. The van der Waals surface area contributed by atoms with Gasteiger partial charge in [0.05, 0.1) is 0 Å². The maximum atomic E-state index is 2.99. The first-order chi connectivity index (χ1) is 11.3. The summed E-state index contributed by atoms with van der Waals surface area (Å²) in [5.74, 6) is 0. The predicted octanol–water partition coefficient (Wildman–Crippen LogP) is 0.561. The van der Waals surface area contributed by atoms with Crippen LogP contribution < -0.4 is 24.8 Å². The molecule has 0 N–H and O–H groups in total. The Morgan fingerprint density at radius 1 is 0.962 bits per heavy atom. The fraction of sp³-hybridized carbons (Fsp3) is 0.227. The molecule has 0 fully saturated rings. The zero-order valence-electron chi connectivity index (χ0n) is 15.8. The van der Waals surface area contributed by atoms with Crippen molar-refractivity contribution >= 4 is 31.8 Å². The molecule has 26 heavy (non-hydrogen) atoms. The first-order valence-corrected chi connectivity index (χ1v) is 9.11. The monoisotopic (exact) mass is 477 g/mol. The van der Waals surface area contributed by atoms with Crippen molar-refractivity contribution in [2.24, 2.45) is 0 Å². The normalized spacial score (nSPS) is 9.88. The third-order valence-electron chi connectivity index (χ3n) is 3.35. The van der Waals surface area contributed by atoms with Gasteiger partial charge in [-0.2, -0.15) is 12.1 Å². The molecule has 0 heterocycles. The van der Waals surface area contributed by atoms with E-state index in [0.29, 0.717) is 0 Å². The number of hydrogen-bond donors (Lipinski definition) is 0. The summed E-state index contributed by atoms with van der Waals surface area (Å²) in [6.45, 7) is 7.95. The van der Waals surface area contributed by atoms with Crippen LogP contribution in [0, 0.1) is 13.0 Å². The molecule has 0 aliphatic heterocycles. The molecule has 3 aromatic carbocycles. The van der Waals surface area contributed by atoms with E-state index in [0.717, 1.165) is 6.42 Å². The Kier molecular flexibility index (Phi) is 20.8. The third-order valence-corrected chi connectivity index (χ3v) is 3.35. The molecule has 0 bridgehead atoms. The number of allylic oxidation sites excluding steroid dienone is 4. The van der Waals surface area contributed by atoms with Crippen LogP contribution in [0.3, 0.4) is 0 Å². The van der Waals surface area contributed by atoms with E-state index in [1.165, 1.54) is 27.1 Å². The fourth-order valence-electron chi connectivity index (χ4n) is 2.45. The molecule has 0 saturated heterocycles. The van der Waals surface area contributed by atoms with Crippen LogP contribution in [0.2, 0.25) is 6.55 Å². The van der Waals surface area contributed by atoms with E-state index < -0.39 is 0 Å². The van der Waals surface area contributed by atoms with E-state index >= 15 is 0 Å². The minimum absolute atomic E-state index is 0. The summed E-state index contributed by atoms with van der Waals surface area (Å²) in [4.78, 5) is 0. The quantitative estimate of drug-likeness (QED) is 0.327. The van der Waals surface area contributed by atoms with E-state index in [2.05, 4.69) is 77.8 Å². The van der Waals surface area contributed by atoms with Crippen LogP contribution in [0.1, 0.15) is 25.8 Å². The number of hydrogen-bond acceptors (Lipinski definition) is 0. The standard InChI is InChI=1S/C14H11.C5H5.C2H6.CH3Si.2ClH.Zr/c1-10-8-12-7-6-11-4-2-3-5-13(11)14(12)9-10;1-2-4-5-3-1;2*1-2;;;/h2-9H,1H3;1-3H,4H2;1-2H3;1H3;2*1H;/q2*-1;;;;;+4/p-2. The second-order valence-electron chi connectivity index (χ2n) is 4.83. The van der Waals surface area contributed by atoms with E-state index in [1.807, 2.05) is 26.0 Å². The first kappa shape index (κ1) is 30.2. The molecule has 3 aromatic rings. The molecule has 4 rings (SSSR count). The molecular weight excluding hydrogens is 454 g/mol. The molecule has 0 aromatic heterocycles. The Balaban J connectivity index is -0.000000381. The third kappa shape index (κ3) is 8.91. The van der Waals surface area contributed by atoms with Gasteiger partial charge in [0.2, 0.25) is 0 Å². The van der Waals surface area contributed by atoms with Gasteiger partial charge < -0.3 is 24.8 Å². The van der Waals surface area contributed by atoms with Gasteiger partial charge in [-0.1, -0.05) is 63.0 Å². The summed E-state index contributed by atoms with van der Waals surface area (Å²) < 4.78 is 0. The molecule has 1 aliphatic rings. The van der Waals surface area contributed by atoms with Crippen LogP contribution >= 0.6 is 0 Å². The van der Waals surface area contributed by atoms with Gasteiger partial charge in [0.15, 0.2) is 0 Å². The molecule has 0 atom stereocenters. The summed E-state index contributed by atoms with van der Waals surface area (Å²) in [5.41, 5.74) is 1.34. The minimum Gasteiger partial charge on any atom is -1.00 e. The van der Waals surface area contributed by atoms with Gasteiger partial charge >= 0.3 is 26.2 Å². The number of fused-ring (bicyclic) bond motifs is 3. The van der Waals surface area contributed by atoms with Gasteiger partial charge in [-0.05, 0) is 5.39 Å². The fourth-order valence-corrected chi connectivity index (χ4v) is 2.45. The Morgan fingerprint density at radius 3 is 2.15 bits per heavy atom. The number of aryl methyl sites for hydroxylation is 1. The smallest absolute Gasteiger partial charge is 1.00 e. The summed E-state index contributed by atoms with van der Waals surface area (Å²) >= 11 is 0. The van der Waals surface area contributed by atoms with Crippen LogP contribution in [0.15, 0.2) is 66.8 Å². The predicted molar refractivity (Wildman–Crippen MR) is 106 cm³/mol. The molecule has 0 amide bonds. The van der Waals surface area contributed by atoms with E-state index in [4.69, 9.17) is 0 Å². The number of benzene rings is 2. The van der Waals surface area contributed by atoms with Crippen molar-refractivity contribution in [1.29, 1.82) is 0 Å². The zero-order chi connectivity index (χ0) is 17.1. The van der Waals surface area contributed by atoms with Gasteiger partial charge in [-0.25, -0.2) is 12.2 Å². The van der Waals surface area contributed by atoms with Crippen molar-refractivity contribution in [3.8, 4) is 0 Å². The minimum atomic E-state index is 0. The molecule has 0 saturated carbocycles. The molecular formula is C22H25Cl2SiZr. The maximum absolute atomic E-state index is 2.99. The second kappa shape index (κ2) is 17.9. The Morgan fingerprint density at radius 2 is 1.62 bits per heavy atom. The van der Waals surface area contributed by atoms with Crippen LogP contribution in [-0.2, 0) is 26.2 Å². The van der Waals surface area contributed by atoms with Gasteiger partial charge in [0.1, 0.15) is 0 Å².